The number of aromatic hydroxyl groups is 1. The van der Waals surface area contributed by atoms with Crippen molar-refractivity contribution >= 4 is 38.1 Å². The van der Waals surface area contributed by atoms with Crippen molar-refractivity contribution in [1.82, 2.24) is 0 Å². The number of nitrogens with zero attached hydrogens (tertiary/aromatic N) is 1. The molecule has 3 aromatic rings. The fraction of sp³-hybridized carbons (Fsp3) is 0.111. The van der Waals surface area contributed by atoms with Gasteiger partial charge in [-0.15, -0.1) is 0 Å². The molecule has 0 fully saturated rings. The third kappa shape index (κ3) is 5.08. The van der Waals surface area contributed by atoms with Gasteiger partial charge < -0.3 is 22.8 Å². The molecule has 142 valence electrons. The van der Waals surface area contributed by atoms with Gasteiger partial charge in [-0.25, -0.2) is 8.42 Å². The van der Waals surface area contributed by atoms with E-state index >= 15 is 0 Å². The van der Waals surface area contributed by atoms with E-state index in [1.54, 1.807) is 47.3 Å². The Labute approximate surface area is 163 Å². The number of halogens is 1. The predicted octanol–water partition coefficient (Wildman–Crippen LogP) is -1.15. The molecule has 9 heteroatoms. The van der Waals surface area contributed by atoms with Crippen molar-refractivity contribution in [3.63, 3.8) is 0 Å². The number of anilines is 2. The van der Waals surface area contributed by atoms with Gasteiger partial charge in [0.2, 0.25) is 16.6 Å². The molecule has 0 radical (unpaired) electrons. The first-order chi connectivity index (χ1) is 12.3. The van der Waals surface area contributed by atoms with E-state index in [1.807, 2.05) is 18.2 Å². The number of sulfonamides is 1. The van der Waals surface area contributed by atoms with Gasteiger partial charge in [0.25, 0.3) is 5.91 Å². The van der Waals surface area contributed by atoms with Crippen molar-refractivity contribution in [2.75, 3.05) is 16.3 Å². The lowest BCUT2D eigenvalue weighted by atomic mass is 10.1. The van der Waals surface area contributed by atoms with Crippen LogP contribution in [0, 0.1) is 0 Å². The number of hydrogen-bond acceptors (Lipinski definition) is 4. The zero-order valence-electron chi connectivity index (χ0n) is 14.4. The minimum absolute atomic E-state index is 0. The summed E-state index contributed by atoms with van der Waals surface area (Å²) >= 11 is 0. The Bertz CT molecular complexity index is 1070. The molecule has 27 heavy (non-hydrogen) atoms. The number of carbonyl (C=O) groups is 1. The third-order valence-corrected chi connectivity index (χ3v) is 4.30. The lowest BCUT2D eigenvalue weighted by molar-refractivity contribution is -0.684. The Morgan fingerprint density at radius 1 is 1.00 bits per heavy atom. The molecule has 7 nitrogen and oxygen atoms in total. The fourth-order valence-electron chi connectivity index (χ4n) is 2.63. The normalized spacial score (nSPS) is 10.9. The van der Waals surface area contributed by atoms with Crippen molar-refractivity contribution in [3.05, 3.63) is 60.9 Å². The summed E-state index contributed by atoms with van der Waals surface area (Å²) in [4.78, 5) is 12.2. The first-order valence-corrected chi connectivity index (χ1v) is 9.69. The summed E-state index contributed by atoms with van der Waals surface area (Å²) in [6.45, 7) is 0.105. The maximum Gasteiger partial charge on any atom is 0.290 e. The lowest BCUT2D eigenvalue weighted by Gasteiger charge is -2.12. The summed E-state index contributed by atoms with van der Waals surface area (Å²) < 4.78 is 27.1. The molecule has 1 heterocycles. The average molecular weight is 408 g/mol. The molecule has 2 aromatic carbocycles. The standard InChI is InChI=1S/C18H17N3O4S.ClH/c1-26(24,25)20-15-7-5-6-14-13(15)8-9-16(18(14)23)19-17(22)12-21-10-3-2-4-11-21;/h2-11,20H,12H2,1H3,(H-,19,22,23);1H. The molecule has 0 saturated heterocycles. The molecule has 3 N–H and O–H groups in total. The van der Waals surface area contributed by atoms with E-state index in [4.69, 9.17) is 0 Å². The Kier molecular flexibility index (Phi) is 6.24. The van der Waals surface area contributed by atoms with Crippen LogP contribution in [0.15, 0.2) is 60.9 Å². The minimum Gasteiger partial charge on any atom is -1.00 e. The van der Waals surface area contributed by atoms with Gasteiger partial charge >= 0.3 is 0 Å². The average Bonchev–Trinajstić information content (AvgIpc) is 2.57. The first kappa shape index (κ1) is 20.5. The van der Waals surface area contributed by atoms with Crippen LogP contribution in [0.2, 0.25) is 0 Å². The molecular weight excluding hydrogens is 390 g/mol. The number of phenols is 1. The highest BCUT2D eigenvalue weighted by molar-refractivity contribution is 7.92. The molecule has 0 bridgehead atoms. The number of pyridine rings is 1. The Hall–Kier alpha value is -2.84. The number of amides is 1. The fourth-order valence-corrected chi connectivity index (χ4v) is 3.20. The molecular formula is C18H18ClN3O4S. The maximum absolute atomic E-state index is 12.2. The second-order valence-electron chi connectivity index (χ2n) is 5.83. The van der Waals surface area contributed by atoms with Gasteiger partial charge in [-0.2, -0.15) is 4.57 Å². The van der Waals surface area contributed by atoms with Gasteiger partial charge in [-0.05, 0) is 18.2 Å². The lowest BCUT2D eigenvalue weighted by Crippen LogP contribution is -3.00. The molecule has 0 saturated carbocycles. The van der Waals surface area contributed by atoms with Crippen LogP contribution in [0.5, 0.6) is 5.75 Å². The van der Waals surface area contributed by atoms with Crippen LogP contribution in [0.1, 0.15) is 0 Å². The van der Waals surface area contributed by atoms with Crippen molar-refractivity contribution < 1.29 is 35.3 Å². The van der Waals surface area contributed by atoms with E-state index in [2.05, 4.69) is 10.0 Å². The smallest absolute Gasteiger partial charge is 0.290 e. The predicted molar refractivity (Wildman–Crippen MR) is 99.3 cm³/mol. The van der Waals surface area contributed by atoms with Crippen LogP contribution in [-0.4, -0.2) is 25.7 Å². The zero-order chi connectivity index (χ0) is 18.7. The van der Waals surface area contributed by atoms with E-state index in [1.165, 1.54) is 0 Å². The summed E-state index contributed by atoms with van der Waals surface area (Å²) in [7, 11) is -3.45. The van der Waals surface area contributed by atoms with Gasteiger partial charge in [0, 0.05) is 22.9 Å². The number of nitrogens with one attached hydrogen (secondary N) is 2. The van der Waals surface area contributed by atoms with E-state index in [9.17, 15) is 18.3 Å². The van der Waals surface area contributed by atoms with Gasteiger partial charge in [0.05, 0.1) is 17.6 Å². The molecule has 0 spiro atoms. The van der Waals surface area contributed by atoms with Crippen molar-refractivity contribution in [3.8, 4) is 5.75 Å². The number of hydrogen-bond donors (Lipinski definition) is 3. The van der Waals surface area contributed by atoms with Crippen molar-refractivity contribution in [2.24, 2.45) is 0 Å². The van der Waals surface area contributed by atoms with Gasteiger partial charge in [-0.1, -0.05) is 18.2 Å². The molecule has 0 aliphatic carbocycles. The summed E-state index contributed by atoms with van der Waals surface area (Å²) in [6.07, 6.45) is 4.59. The molecule has 0 unspecified atom stereocenters. The van der Waals surface area contributed by atoms with Crippen LogP contribution in [0.3, 0.4) is 0 Å². The Morgan fingerprint density at radius 2 is 1.70 bits per heavy atom. The van der Waals surface area contributed by atoms with E-state index < -0.39 is 10.0 Å². The summed E-state index contributed by atoms with van der Waals surface area (Å²) in [5.74, 6) is -0.410. The number of fused-ring (bicyclic) bond motifs is 1. The summed E-state index contributed by atoms with van der Waals surface area (Å²) in [5, 5.41) is 14.1. The number of rotatable bonds is 5. The minimum atomic E-state index is -3.45. The monoisotopic (exact) mass is 407 g/mol. The van der Waals surface area contributed by atoms with Crippen LogP contribution in [0.4, 0.5) is 11.4 Å². The van der Waals surface area contributed by atoms with Crippen LogP contribution < -0.4 is 27.0 Å². The van der Waals surface area contributed by atoms with Crippen molar-refractivity contribution in [2.45, 2.75) is 6.54 Å². The SMILES string of the molecule is CS(=O)(=O)Nc1cccc2c(O)c(NC(=O)C[n+]3ccccc3)ccc12.[Cl-]. The first-order valence-electron chi connectivity index (χ1n) is 7.80. The van der Waals surface area contributed by atoms with E-state index in [0.29, 0.717) is 16.5 Å². The number of aromatic nitrogens is 1. The van der Waals surface area contributed by atoms with Crippen LogP contribution in [0.25, 0.3) is 10.8 Å². The van der Waals surface area contributed by atoms with Gasteiger partial charge in [0.15, 0.2) is 12.4 Å². The molecule has 0 atom stereocenters. The molecule has 1 aromatic heterocycles. The van der Waals surface area contributed by atoms with Gasteiger partial charge in [-0.3, -0.25) is 9.52 Å². The Morgan fingerprint density at radius 3 is 2.37 bits per heavy atom. The number of benzene rings is 2. The van der Waals surface area contributed by atoms with E-state index in [0.717, 1.165) is 6.26 Å². The highest BCUT2D eigenvalue weighted by atomic mass is 35.5. The highest BCUT2D eigenvalue weighted by Crippen LogP contribution is 2.36. The number of phenolic OH excluding ortho intramolecular Hbond substituents is 1. The molecule has 0 aliphatic heterocycles. The molecule has 1 amide bonds. The van der Waals surface area contributed by atoms with Crippen LogP contribution >= 0.6 is 0 Å². The largest absolute Gasteiger partial charge is 1.00 e. The second-order valence-corrected chi connectivity index (χ2v) is 7.58. The number of carbonyl (C=O) groups excluding carboxylic acids is 1. The van der Waals surface area contributed by atoms with E-state index in [-0.39, 0.29) is 36.3 Å². The molecule has 3 rings (SSSR count). The Balaban J connectivity index is 0.00000261. The topological polar surface area (TPSA) is 99.4 Å². The summed E-state index contributed by atoms with van der Waals surface area (Å²) in [5.41, 5.74) is 0.619. The van der Waals surface area contributed by atoms with Crippen molar-refractivity contribution in [1.29, 1.82) is 0 Å². The molecule has 0 aliphatic rings. The highest BCUT2D eigenvalue weighted by Gasteiger charge is 2.15. The quantitative estimate of drug-likeness (QED) is 0.367. The second kappa shape index (κ2) is 8.24. The van der Waals surface area contributed by atoms with Gasteiger partial charge in [0.1, 0.15) is 5.75 Å². The van der Waals surface area contributed by atoms with Crippen LogP contribution in [-0.2, 0) is 21.4 Å². The summed E-state index contributed by atoms with van der Waals surface area (Å²) in [6, 6.07) is 13.6. The zero-order valence-corrected chi connectivity index (χ0v) is 16.0. The third-order valence-electron chi connectivity index (χ3n) is 3.71. The maximum atomic E-state index is 12.2.